The van der Waals surface area contributed by atoms with E-state index < -0.39 is 16.1 Å². The zero-order chi connectivity index (χ0) is 19.2. The van der Waals surface area contributed by atoms with Crippen LogP contribution >= 0.6 is 0 Å². The van der Waals surface area contributed by atoms with Gasteiger partial charge in [0.2, 0.25) is 15.9 Å². The Morgan fingerprint density at radius 1 is 1.19 bits per heavy atom. The maximum Gasteiger partial charge on any atom is 0.243 e. The molecule has 2 saturated carbocycles. The van der Waals surface area contributed by atoms with Crippen LogP contribution in [0.2, 0.25) is 0 Å². The fraction of sp³-hybridized carbons (Fsp3) is 0.632. The van der Waals surface area contributed by atoms with E-state index in [1.54, 1.807) is 25.1 Å². The van der Waals surface area contributed by atoms with Gasteiger partial charge >= 0.3 is 0 Å². The number of nitrogens with one attached hydrogen (secondary N) is 1. The highest BCUT2D eigenvalue weighted by Gasteiger charge is 2.41. The first kappa shape index (κ1) is 18.4. The van der Waals surface area contributed by atoms with Gasteiger partial charge in [-0.2, -0.15) is 0 Å². The van der Waals surface area contributed by atoms with Crippen molar-refractivity contribution in [3.63, 3.8) is 0 Å². The van der Waals surface area contributed by atoms with Crippen molar-refractivity contribution in [2.45, 2.75) is 44.7 Å². The molecular formula is C19H26N2O5S. The third-order valence-electron chi connectivity index (χ3n) is 5.93. The summed E-state index contributed by atoms with van der Waals surface area (Å²) in [6.45, 7) is 2.50. The molecule has 2 bridgehead atoms. The van der Waals surface area contributed by atoms with Gasteiger partial charge < -0.3 is 14.8 Å². The minimum absolute atomic E-state index is 0.167. The van der Waals surface area contributed by atoms with Crippen LogP contribution in [0, 0.1) is 11.8 Å². The standard InChI is InChI=1S/C19H26N2O5S/c1-12(19(22)20-16-10-13-3-4-14(16)9-13)21(27(2,23)24)15-5-6-17-18(11-15)26-8-7-25-17/h5-6,11-14,16H,3-4,7-10H2,1-2H3,(H,20,22)/t12-,13+,14+,16+/m1/s1. The lowest BCUT2D eigenvalue weighted by atomic mass is 9.95. The Balaban J connectivity index is 1.55. The molecule has 0 spiro atoms. The smallest absolute Gasteiger partial charge is 0.243 e. The molecule has 7 nitrogen and oxygen atoms in total. The van der Waals surface area contributed by atoms with Crippen molar-refractivity contribution < 1.29 is 22.7 Å². The number of fused-ring (bicyclic) bond motifs is 3. The van der Waals surface area contributed by atoms with E-state index in [1.807, 2.05) is 0 Å². The number of anilines is 1. The summed E-state index contributed by atoms with van der Waals surface area (Å²) in [5.41, 5.74) is 0.400. The van der Waals surface area contributed by atoms with E-state index >= 15 is 0 Å². The Labute approximate surface area is 160 Å². The van der Waals surface area contributed by atoms with Crippen LogP contribution in [-0.4, -0.2) is 45.9 Å². The van der Waals surface area contributed by atoms with Crippen molar-refractivity contribution >= 4 is 21.6 Å². The Hall–Kier alpha value is -1.96. The number of ether oxygens (including phenoxy) is 2. The fourth-order valence-electron chi connectivity index (χ4n) is 4.70. The molecular weight excluding hydrogens is 368 g/mol. The summed E-state index contributed by atoms with van der Waals surface area (Å²) in [6.07, 6.45) is 5.70. The molecule has 1 aromatic rings. The van der Waals surface area contributed by atoms with Gasteiger partial charge in [-0.1, -0.05) is 6.42 Å². The molecule has 27 heavy (non-hydrogen) atoms. The van der Waals surface area contributed by atoms with Crippen LogP contribution in [0.5, 0.6) is 11.5 Å². The summed E-state index contributed by atoms with van der Waals surface area (Å²) in [4.78, 5) is 12.9. The topological polar surface area (TPSA) is 84.9 Å². The van der Waals surface area contributed by atoms with E-state index in [9.17, 15) is 13.2 Å². The van der Waals surface area contributed by atoms with Gasteiger partial charge in [0.05, 0.1) is 11.9 Å². The van der Waals surface area contributed by atoms with E-state index in [2.05, 4.69) is 5.32 Å². The molecule has 0 radical (unpaired) electrons. The Bertz CT molecular complexity index is 841. The minimum Gasteiger partial charge on any atom is -0.486 e. The molecule has 0 saturated heterocycles. The van der Waals surface area contributed by atoms with E-state index in [1.165, 1.54) is 12.8 Å². The predicted molar refractivity (Wildman–Crippen MR) is 102 cm³/mol. The van der Waals surface area contributed by atoms with Crippen LogP contribution in [0.15, 0.2) is 18.2 Å². The summed E-state index contributed by atoms with van der Waals surface area (Å²) in [5, 5.41) is 3.09. The highest BCUT2D eigenvalue weighted by atomic mass is 32.2. The summed E-state index contributed by atoms with van der Waals surface area (Å²) in [7, 11) is -3.66. The van der Waals surface area contributed by atoms with Crippen molar-refractivity contribution in [3.05, 3.63) is 18.2 Å². The number of hydrogen-bond donors (Lipinski definition) is 1. The Kier molecular flexibility index (Phi) is 4.70. The van der Waals surface area contributed by atoms with E-state index in [0.29, 0.717) is 42.2 Å². The number of hydrogen-bond acceptors (Lipinski definition) is 5. The molecule has 4 rings (SSSR count). The number of sulfonamides is 1. The first-order valence-electron chi connectivity index (χ1n) is 9.52. The lowest BCUT2D eigenvalue weighted by molar-refractivity contribution is -0.122. The van der Waals surface area contributed by atoms with Gasteiger partial charge in [-0.25, -0.2) is 8.42 Å². The minimum atomic E-state index is -3.66. The Morgan fingerprint density at radius 2 is 1.93 bits per heavy atom. The first-order valence-corrected chi connectivity index (χ1v) is 11.4. The molecule has 3 aliphatic rings. The van der Waals surface area contributed by atoms with Gasteiger partial charge in [0.1, 0.15) is 19.3 Å². The number of amides is 1. The molecule has 4 atom stereocenters. The SMILES string of the molecule is C[C@H](C(=O)N[C@H]1C[C@H]2CC[C@H]1C2)N(c1ccc2c(c1)OCCO2)S(C)(=O)=O. The number of nitrogens with zero attached hydrogens (tertiary/aromatic N) is 1. The highest BCUT2D eigenvalue weighted by molar-refractivity contribution is 7.92. The van der Waals surface area contributed by atoms with Crippen LogP contribution in [0.1, 0.15) is 32.6 Å². The molecule has 1 aliphatic heterocycles. The van der Waals surface area contributed by atoms with Gasteiger partial charge in [0.15, 0.2) is 11.5 Å². The molecule has 2 aliphatic carbocycles. The highest BCUT2D eigenvalue weighted by Crippen LogP contribution is 2.44. The van der Waals surface area contributed by atoms with Crippen LogP contribution in [-0.2, 0) is 14.8 Å². The Morgan fingerprint density at radius 3 is 2.56 bits per heavy atom. The second-order valence-electron chi connectivity index (χ2n) is 7.85. The maximum atomic E-state index is 12.9. The second kappa shape index (κ2) is 6.89. The molecule has 2 fully saturated rings. The number of carbonyl (C=O) groups is 1. The summed E-state index contributed by atoms with van der Waals surface area (Å²) in [6, 6.07) is 4.28. The third-order valence-corrected chi connectivity index (χ3v) is 7.18. The molecule has 0 unspecified atom stereocenters. The predicted octanol–water partition coefficient (Wildman–Crippen LogP) is 1.92. The molecule has 1 aromatic carbocycles. The van der Waals surface area contributed by atoms with Gasteiger partial charge in [-0.3, -0.25) is 9.10 Å². The monoisotopic (exact) mass is 394 g/mol. The zero-order valence-corrected chi connectivity index (χ0v) is 16.5. The summed E-state index contributed by atoms with van der Waals surface area (Å²) in [5.74, 6) is 2.06. The lowest BCUT2D eigenvalue weighted by Gasteiger charge is -2.31. The van der Waals surface area contributed by atoms with Crippen molar-refractivity contribution in [3.8, 4) is 11.5 Å². The molecule has 8 heteroatoms. The van der Waals surface area contributed by atoms with Crippen LogP contribution in [0.4, 0.5) is 5.69 Å². The summed E-state index contributed by atoms with van der Waals surface area (Å²) < 4.78 is 37.2. The van der Waals surface area contributed by atoms with Crippen molar-refractivity contribution in [1.82, 2.24) is 5.32 Å². The van der Waals surface area contributed by atoms with Gasteiger partial charge in [0, 0.05) is 12.1 Å². The molecule has 148 valence electrons. The molecule has 0 aromatic heterocycles. The lowest BCUT2D eigenvalue weighted by Crippen LogP contribution is -2.51. The zero-order valence-electron chi connectivity index (χ0n) is 15.7. The first-order chi connectivity index (χ1) is 12.8. The quantitative estimate of drug-likeness (QED) is 0.825. The van der Waals surface area contributed by atoms with Gasteiger partial charge in [-0.15, -0.1) is 0 Å². The second-order valence-corrected chi connectivity index (χ2v) is 9.71. The number of rotatable bonds is 5. The van der Waals surface area contributed by atoms with Crippen molar-refractivity contribution in [1.29, 1.82) is 0 Å². The summed E-state index contributed by atoms with van der Waals surface area (Å²) >= 11 is 0. The van der Waals surface area contributed by atoms with E-state index in [0.717, 1.165) is 23.4 Å². The van der Waals surface area contributed by atoms with Crippen molar-refractivity contribution in [2.75, 3.05) is 23.8 Å². The average Bonchev–Trinajstić information content (AvgIpc) is 3.23. The number of benzene rings is 1. The van der Waals surface area contributed by atoms with Crippen molar-refractivity contribution in [2.24, 2.45) is 11.8 Å². The third kappa shape index (κ3) is 3.59. The van der Waals surface area contributed by atoms with Crippen LogP contribution < -0.4 is 19.1 Å². The van der Waals surface area contributed by atoms with Crippen LogP contribution in [0.25, 0.3) is 0 Å². The maximum absolute atomic E-state index is 12.9. The molecule has 1 amide bonds. The van der Waals surface area contributed by atoms with E-state index in [-0.39, 0.29) is 11.9 Å². The number of carbonyl (C=O) groups excluding carboxylic acids is 1. The van der Waals surface area contributed by atoms with E-state index in [4.69, 9.17) is 9.47 Å². The van der Waals surface area contributed by atoms with Crippen LogP contribution in [0.3, 0.4) is 0 Å². The van der Waals surface area contributed by atoms with Gasteiger partial charge in [0.25, 0.3) is 0 Å². The largest absolute Gasteiger partial charge is 0.486 e. The van der Waals surface area contributed by atoms with Gasteiger partial charge in [-0.05, 0) is 50.2 Å². The normalized spacial score (nSPS) is 27.3. The molecule has 1 heterocycles. The molecule has 1 N–H and O–H groups in total. The average molecular weight is 394 g/mol. The fourth-order valence-corrected chi connectivity index (χ4v) is 5.87.